The molecule has 0 N–H and O–H groups in total. The van der Waals surface area contributed by atoms with E-state index < -0.39 is 0 Å². The van der Waals surface area contributed by atoms with Gasteiger partial charge in [-0.05, 0) is 56.8 Å². The van der Waals surface area contributed by atoms with Gasteiger partial charge in [-0.3, -0.25) is 4.79 Å². The summed E-state index contributed by atoms with van der Waals surface area (Å²) in [5.74, 6) is 0.872. The van der Waals surface area contributed by atoms with Crippen LogP contribution in [-0.2, 0) is 9.53 Å². The zero-order valence-corrected chi connectivity index (χ0v) is 14.4. The third-order valence-electron chi connectivity index (χ3n) is 4.40. The van der Waals surface area contributed by atoms with Crippen LogP contribution >= 0.6 is 23.4 Å². The number of nitrogens with zero attached hydrogens (tertiary/aromatic N) is 1. The second kappa shape index (κ2) is 9.06. The second-order valence-corrected chi connectivity index (χ2v) is 7.77. The lowest BCUT2D eigenvalue weighted by Gasteiger charge is -2.31. The molecule has 1 aliphatic carbocycles. The summed E-state index contributed by atoms with van der Waals surface area (Å²) in [5, 5.41) is 0.795. The molecule has 1 atom stereocenters. The quantitative estimate of drug-likeness (QED) is 0.568. The summed E-state index contributed by atoms with van der Waals surface area (Å²) in [6.07, 6.45) is 12.8. The van der Waals surface area contributed by atoms with Crippen LogP contribution in [0.4, 0.5) is 0 Å². The maximum absolute atomic E-state index is 12.1. The van der Waals surface area contributed by atoms with Gasteiger partial charge in [0, 0.05) is 17.2 Å². The van der Waals surface area contributed by atoms with E-state index in [0.717, 1.165) is 38.3 Å². The average Bonchev–Trinajstić information content (AvgIpc) is 2.53. The van der Waals surface area contributed by atoms with Crippen molar-refractivity contribution < 1.29 is 9.53 Å². The first-order valence-electron chi connectivity index (χ1n) is 7.89. The van der Waals surface area contributed by atoms with Crippen LogP contribution in [0, 0.1) is 5.92 Å². The summed E-state index contributed by atoms with van der Waals surface area (Å²) in [6.45, 7) is 1.97. The molecule has 2 fully saturated rings. The largest absolute Gasteiger partial charge is 0.360 e. The smallest absolute Gasteiger partial charge is 0.248 e. The Labute approximate surface area is 137 Å². The minimum Gasteiger partial charge on any atom is -0.360 e. The van der Waals surface area contributed by atoms with Crippen molar-refractivity contribution in [1.29, 1.82) is 0 Å². The number of allylic oxidation sites excluding steroid dienone is 1. The van der Waals surface area contributed by atoms with Gasteiger partial charge in [0.05, 0.1) is 6.61 Å². The number of ether oxygens (including phenoxy) is 1. The number of thioether (sulfide) groups is 1. The molecule has 2 rings (SSSR count). The van der Waals surface area contributed by atoms with Crippen molar-refractivity contribution in [3.05, 3.63) is 12.2 Å². The fraction of sp³-hybridized carbons (Fsp3) is 0.812. The van der Waals surface area contributed by atoms with Crippen LogP contribution in [-0.4, -0.2) is 47.6 Å². The predicted octanol–water partition coefficient (Wildman–Crippen LogP) is 3.67. The first kappa shape index (κ1) is 17.2. The van der Waals surface area contributed by atoms with E-state index in [-0.39, 0.29) is 5.91 Å². The molecule has 3 nitrogen and oxygen atoms in total. The molecule has 0 aromatic rings. The van der Waals surface area contributed by atoms with Crippen molar-refractivity contribution in [2.24, 2.45) is 5.92 Å². The van der Waals surface area contributed by atoms with Gasteiger partial charge in [-0.1, -0.05) is 6.08 Å². The van der Waals surface area contributed by atoms with Crippen molar-refractivity contribution >= 4 is 29.3 Å². The number of halogens is 1. The van der Waals surface area contributed by atoms with Crippen LogP contribution in [0.3, 0.4) is 0 Å². The highest BCUT2D eigenvalue weighted by molar-refractivity contribution is 7.99. The van der Waals surface area contributed by atoms with E-state index in [0.29, 0.717) is 17.4 Å². The van der Waals surface area contributed by atoms with Crippen LogP contribution in [0.1, 0.15) is 38.5 Å². The Hall–Kier alpha value is -0.190. The monoisotopic (exact) mass is 331 g/mol. The van der Waals surface area contributed by atoms with Gasteiger partial charge in [-0.15, -0.1) is 11.6 Å². The molecule has 1 saturated carbocycles. The first-order valence-corrected chi connectivity index (χ1v) is 9.61. The lowest BCUT2D eigenvalue weighted by molar-refractivity contribution is -0.134. The van der Waals surface area contributed by atoms with E-state index in [1.807, 2.05) is 6.08 Å². The molecule has 1 heterocycles. The van der Waals surface area contributed by atoms with Crippen molar-refractivity contribution in [2.45, 2.75) is 49.2 Å². The van der Waals surface area contributed by atoms with E-state index in [9.17, 15) is 4.79 Å². The Kier molecular flexibility index (Phi) is 7.41. The van der Waals surface area contributed by atoms with Gasteiger partial charge in [0.2, 0.25) is 5.91 Å². The maximum atomic E-state index is 12.1. The highest BCUT2D eigenvalue weighted by Crippen LogP contribution is 2.30. The topological polar surface area (TPSA) is 29.5 Å². The van der Waals surface area contributed by atoms with Gasteiger partial charge in [0.15, 0.2) is 0 Å². The molecule has 120 valence electrons. The SMILES string of the molecule is CSC1COCN(C(=O)/C=C/CCC2CCC(Cl)CC2)C1. The Morgan fingerprint density at radius 1 is 1.38 bits per heavy atom. The normalized spacial score (nSPS) is 30.8. The Balaban J connectivity index is 1.65. The van der Waals surface area contributed by atoms with Crippen LogP contribution in [0.25, 0.3) is 0 Å². The predicted molar refractivity (Wildman–Crippen MR) is 89.8 cm³/mol. The molecule has 2 aliphatic rings. The molecule has 0 aromatic carbocycles. The summed E-state index contributed by atoms with van der Waals surface area (Å²) in [5.41, 5.74) is 0. The molecule has 0 aromatic heterocycles. The zero-order valence-electron chi connectivity index (χ0n) is 12.8. The average molecular weight is 332 g/mol. The van der Waals surface area contributed by atoms with Crippen LogP contribution in [0.5, 0.6) is 0 Å². The zero-order chi connectivity index (χ0) is 15.1. The lowest BCUT2D eigenvalue weighted by atomic mass is 9.86. The second-order valence-electron chi connectivity index (χ2n) is 6.02. The standard InChI is InChI=1S/C16H26ClNO2S/c1-21-15-10-18(12-20-11-15)16(19)5-3-2-4-13-6-8-14(17)9-7-13/h3,5,13-15H,2,4,6-12H2,1H3/b5-3+. The molecule has 0 radical (unpaired) electrons. The Bertz CT molecular complexity index is 356. The number of rotatable bonds is 5. The number of carbonyl (C=O) groups excluding carboxylic acids is 1. The molecule has 1 unspecified atom stereocenters. The van der Waals surface area contributed by atoms with Crippen LogP contribution in [0.2, 0.25) is 0 Å². The van der Waals surface area contributed by atoms with Gasteiger partial charge < -0.3 is 9.64 Å². The highest BCUT2D eigenvalue weighted by atomic mass is 35.5. The Morgan fingerprint density at radius 3 is 2.86 bits per heavy atom. The van der Waals surface area contributed by atoms with E-state index in [2.05, 4.69) is 6.26 Å². The van der Waals surface area contributed by atoms with E-state index in [1.165, 1.54) is 19.3 Å². The fourth-order valence-corrected chi connectivity index (χ4v) is 3.79. The third kappa shape index (κ3) is 5.84. The van der Waals surface area contributed by atoms with E-state index in [1.54, 1.807) is 22.7 Å². The molecule has 5 heteroatoms. The Morgan fingerprint density at radius 2 is 2.14 bits per heavy atom. The number of hydrogen-bond donors (Lipinski definition) is 0. The molecule has 1 aliphatic heterocycles. The van der Waals surface area contributed by atoms with Crippen molar-refractivity contribution in [3.63, 3.8) is 0 Å². The summed E-state index contributed by atoms with van der Waals surface area (Å²) < 4.78 is 5.46. The lowest BCUT2D eigenvalue weighted by Crippen LogP contribution is -2.43. The molecular weight excluding hydrogens is 306 g/mol. The molecule has 0 bridgehead atoms. The third-order valence-corrected chi connectivity index (χ3v) is 5.79. The van der Waals surface area contributed by atoms with Crippen molar-refractivity contribution in [2.75, 3.05) is 26.1 Å². The van der Waals surface area contributed by atoms with Crippen molar-refractivity contribution in [3.8, 4) is 0 Å². The molecule has 0 spiro atoms. The summed E-state index contributed by atoms with van der Waals surface area (Å²) in [4.78, 5) is 13.9. The first-order chi connectivity index (χ1) is 10.2. The maximum Gasteiger partial charge on any atom is 0.248 e. The fourth-order valence-electron chi connectivity index (χ4n) is 2.97. The van der Waals surface area contributed by atoms with Gasteiger partial charge in [0.1, 0.15) is 6.73 Å². The minimum absolute atomic E-state index is 0.0817. The molecular formula is C16H26ClNO2S. The minimum atomic E-state index is 0.0817. The summed E-state index contributed by atoms with van der Waals surface area (Å²) in [7, 11) is 0. The van der Waals surface area contributed by atoms with Gasteiger partial charge in [0.25, 0.3) is 0 Å². The number of amides is 1. The van der Waals surface area contributed by atoms with Crippen LogP contribution in [0.15, 0.2) is 12.2 Å². The van der Waals surface area contributed by atoms with Crippen LogP contribution < -0.4 is 0 Å². The van der Waals surface area contributed by atoms with E-state index >= 15 is 0 Å². The van der Waals surface area contributed by atoms with Gasteiger partial charge >= 0.3 is 0 Å². The number of carbonyl (C=O) groups is 1. The summed E-state index contributed by atoms with van der Waals surface area (Å²) in [6, 6.07) is 0. The molecule has 1 amide bonds. The molecule has 21 heavy (non-hydrogen) atoms. The highest BCUT2D eigenvalue weighted by Gasteiger charge is 2.22. The molecule has 1 saturated heterocycles. The number of hydrogen-bond acceptors (Lipinski definition) is 3. The number of alkyl halides is 1. The van der Waals surface area contributed by atoms with Crippen molar-refractivity contribution in [1.82, 2.24) is 4.90 Å². The van der Waals surface area contributed by atoms with E-state index in [4.69, 9.17) is 16.3 Å². The summed E-state index contributed by atoms with van der Waals surface area (Å²) >= 11 is 7.88. The van der Waals surface area contributed by atoms with Gasteiger partial charge in [-0.25, -0.2) is 0 Å². The van der Waals surface area contributed by atoms with Gasteiger partial charge in [-0.2, -0.15) is 11.8 Å².